The minimum Gasteiger partial charge on any atom is -0.456 e. The average Bonchev–Trinajstić information content (AvgIpc) is 2.64. The van der Waals surface area contributed by atoms with E-state index in [-0.39, 0.29) is 30.8 Å². The van der Waals surface area contributed by atoms with Crippen molar-refractivity contribution in [2.45, 2.75) is 6.42 Å². The fourth-order valence-electron chi connectivity index (χ4n) is 1.70. The molecule has 1 rings (SSSR count). The van der Waals surface area contributed by atoms with E-state index in [9.17, 15) is 29.3 Å². The van der Waals surface area contributed by atoms with Gasteiger partial charge in [0.2, 0.25) is 0 Å². The van der Waals surface area contributed by atoms with E-state index in [2.05, 4.69) is 21.9 Å². The number of hydrogen-bond acceptors (Lipinski definition) is 7. The van der Waals surface area contributed by atoms with Gasteiger partial charge in [0.05, 0.1) is 11.3 Å². The van der Waals surface area contributed by atoms with Gasteiger partial charge in [0.1, 0.15) is 0 Å². The van der Waals surface area contributed by atoms with Crippen LogP contribution in [-0.2, 0) is 14.3 Å². The van der Waals surface area contributed by atoms with Crippen LogP contribution < -0.4 is 16.0 Å². The number of imide groups is 1. The Hall–Kier alpha value is -3.76. The number of ether oxygens (including phenoxy) is 1. The summed E-state index contributed by atoms with van der Waals surface area (Å²) in [6.07, 6.45) is 1.23. The van der Waals surface area contributed by atoms with Crippen LogP contribution in [0.15, 0.2) is 36.9 Å². The van der Waals surface area contributed by atoms with Gasteiger partial charge in [-0.05, 0) is 12.1 Å². The lowest BCUT2D eigenvalue weighted by Gasteiger charge is -2.07. The van der Waals surface area contributed by atoms with Gasteiger partial charge in [0.25, 0.3) is 17.5 Å². The van der Waals surface area contributed by atoms with Crippen LogP contribution in [0.25, 0.3) is 0 Å². The van der Waals surface area contributed by atoms with E-state index in [1.165, 1.54) is 30.3 Å². The summed E-state index contributed by atoms with van der Waals surface area (Å²) >= 11 is 0. The van der Waals surface area contributed by atoms with Crippen molar-refractivity contribution >= 4 is 29.5 Å². The highest BCUT2D eigenvalue weighted by atomic mass is 16.6. The third-order valence-electron chi connectivity index (χ3n) is 2.98. The van der Waals surface area contributed by atoms with Crippen LogP contribution in [0.5, 0.6) is 0 Å². The summed E-state index contributed by atoms with van der Waals surface area (Å²) in [6, 6.07) is 4.20. The van der Waals surface area contributed by atoms with Crippen molar-refractivity contribution in [3.8, 4) is 0 Å². The second-order valence-corrected chi connectivity index (χ2v) is 5.02. The third kappa shape index (κ3) is 8.25. The first-order valence-corrected chi connectivity index (χ1v) is 7.70. The predicted molar refractivity (Wildman–Crippen MR) is 92.7 cm³/mol. The molecule has 0 unspecified atom stereocenters. The lowest BCUT2D eigenvalue weighted by Crippen LogP contribution is -2.41. The Bertz CT molecular complexity index is 731. The number of rotatable bonds is 9. The first-order chi connectivity index (χ1) is 12.8. The monoisotopic (exact) mass is 378 g/mol. The number of amides is 4. The van der Waals surface area contributed by atoms with Crippen molar-refractivity contribution in [3.63, 3.8) is 0 Å². The number of nitro groups is 1. The van der Waals surface area contributed by atoms with Crippen LogP contribution in [-0.4, -0.2) is 48.4 Å². The summed E-state index contributed by atoms with van der Waals surface area (Å²) in [5.41, 5.74) is 0.0467. The molecule has 0 spiro atoms. The summed E-state index contributed by atoms with van der Waals surface area (Å²) in [6.45, 7) is 2.86. The van der Waals surface area contributed by atoms with E-state index in [0.717, 1.165) is 0 Å². The van der Waals surface area contributed by atoms with Gasteiger partial charge in [-0.1, -0.05) is 6.08 Å². The lowest BCUT2D eigenvalue weighted by atomic mass is 10.2. The summed E-state index contributed by atoms with van der Waals surface area (Å²) in [7, 11) is 0. The molecule has 0 aliphatic rings. The summed E-state index contributed by atoms with van der Waals surface area (Å²) < 4.78 is 4.66. The summed E-state index contributed by atoms with van der Waals surface area (Å²) in [5, 5.41) is 17.2. The van der Waals surface area contributed by atoms with Crippen LogP contribution in [0.3, 0.4) is 0 Å². The Morgan fingerprint density at radius 1 is 1.15 bits per heavy atom. The molecule has 0 saturated carbocycles. The molecule has 1 aromatic rings. The molecule has 27 heavy (non-hydrogen) atoms. The zero-order valence-electron chi connectivity index (χ0n) is 14.2. The minimum atomic E-state index is -0.806. The van der Waals surface area contributed by atoms with Gasteiger partial charge < -0.3 is 15.4 Å². The molecular weight excluding hydrogens is 360 g/mol. The van der Waals surface area contributed by atoms with Crippen LogP contribution in [0, 0.1) is 10.1 Å². The smallest absolute Gasteiger partial charge is 0.321 e. The number of hydrogen-bond donors (Lipinski definition) is 3. The number of non-ortho nitro benzene ring substituents is 1. The Kier molecular flexibility index (Phi) is 8.65. The maximum atomic E-state index is 11.8. The molecule has 0 radical (unpaired) electrons. The molecule has 0 heterocycles. The molecule has 1 aromatic carbocycles. The fourth-order valence-corrected chi connectivity index (χ4v) is 1.70. The van der Waals surface area contributed by atoms with Gasteiger partial charge in [-0.15, -0.1) is 6.58 Å². The van der Waals surface area contributed by atoms with E-state index in [4.69, 9.17) is 0 Å². The number of esters is 1. The van der Waals surface area contributed by atoms with Crippen molar-refractivity contribution in [1.29, 1.82) is 0 Å². The lowest BCUT2D eigenvalue weighted by molar-refractivity contribution is -0.384. The molecule has 0 aliphatic heterocycles. The highest BCUT2D eigenvalue weighted by Crippen LogP contribution is 2.11. The molecule has 0 aromatic heterocycles. The van der Waals surface area contributed by atoms with Crippen molar-refractivity contribution in [2.75, 3.05) is 19.7 Å². The first kappa shape index (κ1) is 21.3. The molecule has 4 amide bonds. The number of nitrogens with zero attached hydrogens (tertiary/aromatic N) is 1. The van der Waals surface area contributed by atoms with Gasteiger partial charge in [-0.25, -0.2) is 4.79 Å². The molecule has 0 atom stereocenters. The first-order valence-electron chi connectivity index (χ1n) is 7.70. The van der Waals surface area contributed by atoms with Crippen molar-refractivity contribution in [2.24, 2.45) is 0 Å². The van der Waals surface area contributed by atoms with E-state index >= 15 is 0 Å². The normalized spacial score (nSPS) is 9.63. The Morgan fingerprint density at radius 2 is 1.81 bits per heavy atom. The van der Waals surface area contributed by atoms with Crippen LogP contribution in [0.2, 0.25) is 0 Å². The van der Waals surface area contributed by atoms with Gasteiger partial charge in [0, 0.05) is 30.8 Å². The quantitative estimate of drug-likeness (QED) is 0.241. The minimum absolute atomic E-state index is 0.0594. The molecule has 0 fully saturated rings. The summed E-state index contributed by atoms with van der Waals surface area (Å²) in [4.78, 5) is 55.8. The maximum absolute atomic E-state index is 11.8. The Balaban J connectivity index is 2.27. The van der Waals surface area contributed by atoms with E-state index in [1.54, 1.807) is 0 Å². The van der Waals surface area contributed by atoms with Gasteiger partial charge in [-0.2, -0.15) is 0 Å². The second-order valence-electron chi connectivity index (χ2n) is 5.02. The zero-order valence-corrected chi connectivity index (χ0v) is 14.2. The molecule has 144 valence electrons. The molecule has 0 saturated heterocycles. The molecule has 3 N–H and O–H groups in total. The predicted octanol–water partition coefficient (Wildman–Crippen LogP) is 0.270. The van der Waals surface area contributed by atoms with Crippen molar-refractivity contribution < 1.29 is 28.8 Å². The van der Waals surface area contributed by atoms with Gasteiger partial charge in [0.15, 0.2) is 6.61 Å². The highest BCUT2D eigenvalue weighted by molar-refractivity contribution is 5.96. The maximum Gasteiger partial charge on any atom is 0.321 e. The zero-order chi connectivity index (χ0) is 20.2. The molecule has 0 aliphatic carbocycles. The van der Waals surface area contributed by atoms with E-state index < -0.39 is 35.3 Å². The number of benzene rings is 1. The number of urea groups is 1. The Labute approximate surface area is 153 Å². The standard InChI is InChI=1S/C16H18N4O7/c1-2-8-18-16(24)19-13(21)10-27-14(22)7-9-17-15(23)11-3-5-12(6-4-11)20(25)26/h2-6H,1,7-10H2,(H,17,23)(H2,18,19,21,24). The summed E-state index contributed by atoms with van der Waals surface area (Å²) in [5.74, 6) is -2.07. The molecular formula is C16H18N4O7. The van der Waals surface area contributed by atoms with Crippen LogP contribution in [0.1, 0.15) is 16.8 Å². The molecule has 11 heteroatoms. The van der Waals surface area contributed by atoms with Crippen molar-refractivity contribution in [1.82, 2.24) is 16.0 Å². The van der Waals surface area contributed by atoms with Crippen LogP contribution >= 0.6 is 0 Å². The fraction of sp³-hybridized carbons (Fsp3) is 0.250. The number of carbonyl (C=O) groups excluding carboxylic acids is 4. The van der Waals surface area contributed by atoms with Gasteiger partial charge >= 0.3 is 12.0 Å². The van der Waals surface area contributed by atoms with Crippen molar-refractivity contribution in [3.05, 3.63) is 52.6 Å². The molecule has 0 bridgehead atoms. The largest absolute Gasteiger partial charge is 0.456 e. The third-order valence-corrected chi connectivity index (χ3v) is 2.98. The SMILES string of the molecule is C=CCNC(=O)NC(=O)COC(=O)CCNC(=O)c1ccc([N+](=O)[O-])cc1. The number of carbonyl (C=O) groups is 4. The topological polar surface area (TPSA) is 157 Å². The molecule has 11 nitrogen and oxygen atoms in total. The average molecular weight is 378 g/mol. The van der Waals surface area contributed by atoms with E-state index in [1.807, 2.05) is 5.32 Å². The van der Waals surface area contributed by atoms with E-state index in [0.29, 0.717) is 0 Å². The Morgan fingerprint density at radius 3 is 2.41 bits per heavy atom. The number of nitro benzene ring substituents is 1. The second kappa shape index (κ2) is 11.0. The number of nitrogens with one attached hydrogen (secondary N) is 3. The van der Waals surface area contributed by atoms with Gasteiger partial charge in [-0.3, -0.25) is 29.8 Å². The van der Waals surface area contributed by atoms with Crippen LogP contribution in [0.4, 0.5) is 10.5 Å². The highest BCUT2D eigenvalue weighted by Gasteiger charge is 2.12.